The van der Waals surface area contributed by atoms with Crippen LogP contribution < -0.4 is 9.64 Å². The third-order valence-corrected chi connectivity index (χ3v) is 5.47. The van der Waals surface area contributed by atoms with Gasteiger partial charge in [0.2, 0.25) is 0 Å². The number of nitro benzene ring substituents is 1. The van der Waals surface area contributed by atoms with Crippen molar-refractivity contribution in [1.29, 1.82) is 0 Å². The molecule has 1 aliphatic heterocycles. The highest BCUT2D eigenvalue weighted by Gasteiger charge is 2.22. The molecule has 1 saturated heterocycles. The van der Waals surface area contributed by atoms with Crippen LogP contribution in [0.5, 0.6) is 5.75 Å². The number of rotatable bonds is 7. The fourth-order valence-electron chi connectivity index (χ4n) is 3.47. The summed E-state index contributed by atoms with van der Waals surface area (Å²) in [5.41, 5.74) is 2.14. The molecule has 1 unspecified atom stereocenters. The second-order valence-corrected chi connectivity index (χ2v) is 7.28. The van der Waals surface area contributed by atoms with E-state index in [1.165, 1.54) is 12.1 Å². The third-order valence-electron chi connectivity index (χ3n) is 5.47. The van der Waals surface area contributed by atoms with Crippen molar-refractivity contribution in [1.82, 2.24) is 4.90 Å². The van der Waals surface area contributed by atoms with E-state index in [2.05, 4.69) is 24.8 Å². The first kappa shape index (κ1) is 20.6. The molecule has 154 valence electrons. The Bertz CT molecular complexity index is 845. The van der Waals surface area contributed by atoms with Gasteiger partial charge in [0.1, 0.15) is 5.75 Å². The Morgan fingerprint density at radius 2 is 1.76 bits per heavy atom. The molecule has 0 aromatic heterocycles. The number of benzene rings is 2. The van der Waals surface area contributed by atoms with Crippen molar-refractivity contribution in [3.63, 3.8) is 0 Å². The molecule has 2 aromatic rings. The van der Waals surface area contributed by atoms with Crippen molar-refractivity contribution in [2.75, 3.05) is 37.7 Å². The van der Waals surface area contributed by atoms with Gasteiger partial charge >= 0.3 is 0 Å². The van der Waals surface area contributed by atoms with Crippen LogP contribution in [0.15, 0.2) is 48.5 Å². The number of non-ortho nitro benzene ring substituents is 1. The van der Waals surface area contributed by atoms with Gasteiger partial charge in [-0.05, 0) is 36.1 Å². The number of amides is 1. The standard InChI is InChI=1S/C22H27N3O4/c1-3-17(2)20-6-4-5-7-21(20)29-16-22(26)24-14-12-23(13-15-24)18-8-10-19(11-9-18)25(27)28/h4-11,17H,3,12-16H2,1-2H3. The van der Waals surface area contributed by atoms with Gasteiger partial charge in [0.15, 0.2) is 6.61 Å². The summed E-state index contributed by atoms with van der Waals surface area (Å²) in [5.74, 6) is 1.14. The zero-order chi connectivity index (χ0) is 20.8. The number of nitro groups is 1. The van der Waals surface area contributed by atoms with Crippen LogP contribution in [0, 0.1) is 10.1 Å². The molecular formula is C22H27N3O4. The van der Waals surface area contributed by atoms with Gasteiger partial charge < -0.3 is 14.5 Å². The van der Waals surface area contributed by atoms with Crippen molar-refractivity contribution < 1.29 is 14.5 Å². The summed E-state index contributed by atoms with van der Waals surface area (Å²) in [6.07, 6.45) is 1.01. The zero-order valence-electron chi connectivity index (χ0n) is 16.9. The summed E-state index contributed by atoms with van der Waals surface area (Å²) in [4.78, 5) is 26.9. The quantitative estimate of drug-likeness (QED) is 0.524. The molecule has 1 heterocycles. The number of ether oxygens (including phenoxy) is 1. The third kappa shape index (κ3) is 5.04. The SMILES string of the molecule is CCC(C)c1ccccc1OCC(=O)N1CCN(c2ccc([N+](=O)[O-])cc2)CC1. The molecule has 0 saturated carbocycles. The lowest BCUT2D eigenvalue weighted by Crippen LogP contribution is -2.50. The van der Waals surface area contributed by atoms with Crippen LogP contribution in [0.1, 0.15) is 31.7 Å². The number of para-hydroxylation sites is 1. The van der Waals surface area contributed by atoms with Crippen LogP contribution in [0.4, 0.5) is 11.4 Å². The second kappa shape index (κ2) is 9.41. The Kier molecular flexibility index (Phi) is 6.69. The lowest BCUT2D eigenvalue weighted by Gasteiger charge is -2.36. The van der Waals surface area contributed by atoms with Gasteiger partial charge in [-0.25, -0.2) is 0 Å². The van der Waals surface area contributed by atoms with Crippen molar-refractivity contribution in [3.8, 4) is 5.75 Å². The summed E-state index contributed by atoms with van der Waals surface area (Å²) in [6, 6.07) is 14.4. The van der Waals surface area contributed by atoms with E-state index in [4.69, 9.17) is 4.74 Å². The monoisotopic (exact) mass is 397 g/mol. The molecule has 1 amide bonds. The number of carbonyl (C=O) groups is 1. The molecule has 3 rings (SSSR count). The Balaban J connectivity index is 1.52. The normalized spacial score (nSPS) is 15.1. The highest BCUT2D eigenvalue weighted by atomic mass is 16.6. The molecule has 2 aromatic carbocycles. The molecule has 1 aliphatic rings. The van der Waals surface area contributed by atoms with Gasteiger partial charge in [0.05, 0.1) is 4.92 Å². The molecule has 29 heavy (non-hydrogen) atoms. The Labute approximate surface area is 171 Å². The number of piperazine rings is 1. The van der Waals surface area contributed by atoms with Crippen LogP contribution in [-0.4, -0.2) is 48.5 Å². The van der Waals surface area contributed by atoms with Crippen LogP contribution >= 0.6 is 0 Å². The van der Waals surface area contributed by atoms with E-state index in [0.717, 1.165) is 23.4 Å². The molecule has 1 atom stereocenters. The van der Waals surface area contributed by atoms with Crippen LogP contribution in [0.3, 0.4) is 0 Å². The topological polar surface area (TPSA) is 75.9 Å². The number of hydrogen-bond acceptors (Lipinski definition) is 5. The molecule has 7 heteroatoms. The van der Waals surface area contributed by atoms with Gasteiger partial charge in [-0.15, -0.1) is 0 Å². The summed E-state index contributed by atoms with van der Waals surface area (Å²) in [6.45, 7) is 6.90. The van der Waals surface area contributed by atoms with Gasteiger partial charge in [-0.3, -0.25) is 14.9 Å². The maximum Gasteiger partial charge on any atom is 0.269 e. The van der Waals surface area contributed by atoms with Crippen molar-refractivity contribution >= 4 is 17.3 Å². The summed E-state index contributed by atoms with van der Waals surface area (Å²) >= 11 is 0. The highest BCUT2D eigenvalue weighted by molar-refractivity contribution is 5.78. The fraction of sp³-hybridized carbons (Fsp3) is 0.409. The van der Waals surface area contributed by atoms with E-state index in [9.17, 15) is 14.9 Å². The second-order valence-electron chi connectivity index (χ2n) is 7.28. The van der Waals surface area contributed by atoms with E-state index in [-0.39, 0.29) is 18.2 Å². The maximum atomic E-state index is 12.6. The molecule has 0 spiro atoms. The van der Waals surface area contributed by atoms with E-state index < -0.39 is 4.92 Å². The smallest absolute Gasteiger partial charge is 0.269 e. The minimum Gasteiger partial charge on any atom is -0.483 e. The molecule has 0 N–H and O–H groups in total. The predicted molar refractivity (Wildman–Crippen MR) is 113 cm³/mol. The van der Waals surface area contributed by atoms with E-state index >= 15 is 0 Å². The van der Waals surface area contributed by atoms with Crippen molar-refractivity contribution in [3.05, 3.63) is 64.2 Å². The van der Waals surface area contributed by atoms with Gasteiger partial charge in [0, 0.05) is 44.0 Å². The van der Waals surface area contributed by atoms with Crippen LogP contribution in [0.2, 0.25) is 0 Å². The predicted octanol–water partition coefficient (Wildman–Crippen LogP) is 3.84. The van der Waals surface area contributed by atoms with E-state index in [1.807, 2.05) is 23.1 Å². The fourth-order valence-corrected chi connectivity index (χ4v) is 3.47. The van der Waals surface area contributed by atoms with Gasteiger partial charge in [-0.2, -0.15) is 0 Å². The molecule has 0 bridgehead atoms. The minimum absolute atomic E-state index is 0.0210. The average molecular weight is 397 g/mol. The average Bonchev–Trinajstić information content (AvgIpc) is 2.77. The number of nitrogens with zero attached hydrogens (tertiary/aromatic N) is 3. The zero-order valence-corrected chi connectivity index (χ0v) is 16.9. The Morgan fingerprint density at radius 3 is 2.38 bits per heavy atom. The summed E-state index contributed by atoms with van der Waals surface area (Å²) in [7, 11) is 0. The van der Waals surface area contributed by atoms with Crippen molar-refractivity contribution in [2.24, 2.45) is 0 Å². The number of hydrogen-bond donors (Lipinski definition) is 0. The summed E-state index contributed by atoms with van der Waals surface area (Å²) < 4.78 is 5.85. The molecule has 0 aliphatic carbocycles. The Hall–Kier alpha value is -3.09. The molecule has 0 radical (unpaired) electrons. The van der Waals surface area contributed by atoms with Gasteiger partial charge in [-0.1, -0.05) is 32.0 Å². The highest BCUT2D eigenvalue weighted by Crippen LogP contribution is 2.28. The number of anilines is 1. The molecule has 7 nitrogen and oxygen atoms in total. The van der Waals surface area contributed by atoms with Crippen LogP contribution in [-0.2, 0) is 4.79 Å². The lowest BCUT2D eigenvalue weighted by atomic mass is 9.98. The maximum absolute atomic E-state index is 12.6. The van der Waals surface area contributed by atoms with E-state index in [0.29, 0.717) is 32.1 Å². The molecule has 1 fully saturated rings. The van der Waals surface area contributed by atoms with Crippen molar-refractivity contribution in [2.45, 2.75) is 26.2 Å². The first-order valence-electron chi connectivity index (χ1n) is 9.98. The Morgan fingerprint density at radius 1 is 1.10 bits per heavy atom. The largest absolute Gasteiger partial charge is 0.483 e. The molecular weight excluding hydrogens is 370 g/mol. The summed E-state index contributed by atoms with van der Waals surface area (Å²) in [5, 5.41) is 10.8. The first-order chi connectivity index (χ1) is 14.0. The van der Waals surface area contributed by atoms with Crippen LogP contribution in [0.25, 0.3) is 0 Å². The van der Waals surface area contributed by atoms with E-state index in [1.54, 1.807) is 12.1 Å². The van der Waals surface area contributed by atoms with Gasteiger partial charge in [0.25, 0.3) is 11.6 Å². The lowest BCUT2D eigenvalue weighted by molar-refractivity contribution is -0.384. The number of carbonyl (C=O) groups excluding carboxylic acids is 1. The minimum atomic E-state index is -0.403. The first-order valence-corrected chi connectivity index (χ1v) is 9.98.